The highest BCUT2D eigenvalue weighted by Crippen LogP contribution is 2.19. The Labute approximate surface area is 129 Å². The molecule has 0 saturated carbocycles. The van der Waals surface area contributed by atoms with Crippen LogP contribution in [0.25, 0.3) is 0 Å². The Hall–Kier alpha value is -1.30. The molecule has 0 radical (unpaired) electrons. The van der Waals surface area contributed by atoms with Gasteiger partial charge in [0.25, 0.3) is 5.91 Å². The molecule has 1 aliphatic heterocycles. The van der Waals surface area contributed by atoms with Gasteiger partial charge < -0.3 is 19.5 Å². The number of hydrogen-bond acceptors (Lipinski definition) is 4. The van der Waals surface area contributed by atoms with E-state index in [1.165, 1.54) is 0 Å². The highest BCUT2D eigenvalue weighted by molar-refractivity contribution is 6.30. The van der Waals surface area contributed by atoms with E-state index in [4.69, 9.17) is 25.8 Å². The molecule has 5 nitrogen and oxygen atoms in total. The summed E-state index contributed by atoms with van der Waals surface area (Å²) in [6.07, 6.45) is 0.244. The molecule has 1 fully saturated rings. The third-order valence-electron chi connectivity index (χ3n) is 3.17. The minimum absolute atomic E-state index is 0.228. The van der Waals surface area contributed by atoms with Gasteiger partial charge in [-0.15, -0.1) is 0 Å². The fourth-order valence-electron chi connectivity index (χ4n) is 1.97. The molecule has 6 heteroatoms. The lowest BCUT2D eigenvalue weighted by molar-refractivity contribution is -0.252. The summed E-state index contributed by atoms with van der Waals surface area (Å²) in [4.78, 5) is 12.0. The second-order valence-electron chi connectivity index (χ2n) is 5.12. The van der Waals surface area contributed by atoms with E-state index in [9.17, 15) is 4.79 Å². The fraction of sp³-hybridized carbons (Fsp3) is 0.533. The number of benzene rings is 1. The first-order valence-electron chi connectivity index (χ1n) is 6.96. The maximum Gasteiger partial charge on any atom is 0.260 e. The Morgan fingerprint density at radius 3 is 2.86 bits per heavy atom. The zero-order chi connectivity index (χ0) is 15.3. The van der Waals surface area contributed by atoms with Crippen molar-refractivity contribution in [1.29, 1.82) is 0 Å². The number of amides is 1. The van der Waals surface area contributed by atoms with E-state index in [-0.39, 0.29) is 12.5 Å². The van der Waals surface area contributed by atoms with Crippen LogP contribution in [0.2, 0.25) is 5.02 Å². The Morgan fingerprint density at radius 1 is 1.48 bits per heavy atom. The molecule has 1 amide bonds. The first-order valence-corrected chi connectivity index (χ1v) is 7.34. The Bertz CT molecular complexity index is 488. The molecule has 1 aliphatic rings. The van der Waals surface area contributed by atoms with Gasteiger partial charge in [-0.3, -0.25) is 4.79 Å². The summed E-state index contributed by atoms with van der Waals surface area (Å²) in [6.45, 7) is 5.06. The standard InChI is InChI=1S/C15H20ClNO4/c1-11(21-13-6-3-5-12(16)9-13)14(18)17-10-15(2)19-7-4-8-20-15/h3,5-6,9,11H,4,7-8,10H2,1-2H3,(H,17,18)/t11-/m1/s1. The normalized spacial score (nSPS) is 18.8. The van der Waals surface area contributed by atoms with Crippen molar-refractivity contribution in [1.82, 2.24) is 5.32 Å². The Morgan fingerprint density at radius 2 is 2.19 bits per heavy atom. The molecule has 1 atom stereocenters. The monoisotopic (exact) mass is 313 g/mol. The van der Waals surface area contributed by atoms with Crippen LogP contribution in [-0.4, -0.2) is 37.6 Å². The molecule has 2 rings (SSSR count). The molecule has 1 aromatic rings. The summed E-state index contributed by atoms with van der Waals surface area (Å²) in [5.41, 5.74) is 0. The molecule has 0 bridgehead atoms. The van der Waals surface area contributed by atoms with E-state index in [0.717, 1.165) is 6.42 Å². The van der Waals surface area contributed by atoms with Gasteiger partial charge in [-0.25, -0.2) is 0 Å². The lowest BCUT2D eigenvalue weighted by Gasteiger charge is -2.34. The molecule has 0 spiro atoms. The van der Waals surface area contributed by atoms with Gasteiger partial charge in [0.05, 0.1) is 19.8 Å². The average molecular weight is 314 g/mol. The second kappa shape index (κ2) is 7.11. The van der Waals surface area contributed by atoms with E-state index < -0.39 is 11.9 Å². The minimum Gasteiger partial charge on any atom is -0.481 e. The minimum atomic E-state index is -0.760. The van der Waals surface area contributed by atoms with Crippen LogP contribution >= 0.6 is 11.6 Å². The van der Waals surface area contributed by atoms with E-state index in [1.54, 1.807) is 31.2 Å². The van der Waals surface area contributed by atoms with Crippen molar-refractivity contribution in [3.8, 4) is 5.75 Å². The number of rotatable bonds is 5. The lowest BCUT2D eigenvalue weighted by Crippen LogP contribution is -2.49. The third kappa shape index (κ3) is 4.88. The molecular formula is C15H20ClNO4. The largest absolute Gasteiger partial charge is 0.481 e. The number of carbonyl (C=O) groups excluding carboxylic acids is 1. The molecule has 0 aliphatic carbocycles. The van der Waals surface area contributed by atoms with E-state index in [0.29, 0.717) is 24.0 Å². The predicted octanol–water partition coefficient (Wildman–Crippen LogP) is 2.38. The fourth-order valence-corrected chi connectivity index (χ4v) is 2.15. The summed E-state index contributed by atoms with van der Waals surface area (Å²) in [6, 6.07) is 6.94. The van der Waals surface area contributed by atoms with Crippen LogP contribution in [0.15, 0.2) is 24.3 Å². The highest BCUT2D eigenvalue weighted by Gasteiger charge is 2.30. The molecule has 1 N–H and O–H groups in total. The van der Waals surface area contributed by atoms with Crippen LogP contribution in [0.1, 0.15) is 20.3 Å². The van der Waals surface area contributed by atoms with Crippen molar-refractivity contribution in [2.24, 2.45) is 0 Å². The van der Waals surface area contributed by atoms with E-state index in [1.807, 2.05) is 6.92 Å². The molecule has 116 valence electrons. The third-order valence-corrected chi connectivity index (χ3v) is 3.40. The molecule has 0 unspecified atom stereocenters. The topological polar surface area (TPSA) is 56.8 Å². The van der Waals surface area contributed by atoms with Crippen molar-refractivity contribution in [3.05, 3.63) is 29.3 Å². The SMILES string of the molecule is C[C@@H](Oc1cccc(Cl)c1)C(=O)NCC1(C)OCCCO1. The number of ether oxygens (including phenoxy) is 3. The van der Waals surface area contributed by atoms with Gasteiger partial charge in [-0.2, -0.15) is 0 Å². The zero-order valence-electron chi connectivity index (χ0n) is 12.2. The van der Waals surface area contributed by atoms with Gasteiger partial charge in [0, 0.05) is 5.02 Å². The van der Waals surface area contributed by atoms with Gasteiger partial charge in [-0.05, 0) is 38.5 Å². The Kier molecular flexibility index (Phi) is 5.45. The van der Waals surface area contributed by atoms with Crippen molar-refractivity contribution < 1.29 is 19.0 Å². The summed E-state index contributed by atoms with van der Waals surface area (Å²) in [5, 5.41) is 3.35. The maximum absolute atomic E-state index is 12.0. The number of halogens is 1. The van der Waals surface area contributed by atoms with Crippen molar-refractivity contribution in [2.75, 3.05) is 19.8 Å². The summed E-state index contributed by atoms with van der Waals surface area (Å²) < 4.78 is 16.6. The van der Waals surface area contributed by atoms with Crippen molar-refractivity contribution >= 4 is 17.5 Å². The quantitative estimate of drug-likeness (QED) is 0.907. The average Bonchev–Trinajstić information content (AvgIpc) is 2.45. The van der Waals surface area contributed by atoms with E-state index in [2.05, 4.69) is 5.32 Å². The van der Waals surface area contributed by atoms with Crippen LogP contribution < -0.4 is 10.1 Å². The van der Waals surface area contributed by atoms with Gasteiger partial charge in [0.1, 0.15) is 5.75 Å². The van der Waals surface area contributed by atoms with Crippen molar-refractivity contribution in [3.63, 3.8) is 0 Å². The summed E-state index contributed by atoms with van der Waals surface area (Å²) in [5.74, 6) is -0.431. The number of hydrogen-bond donors (Lipinski definition) is 1. The van der Waals surface area contributed by atoms with Gasteiger partial charge in [0.15, 0.2) is 11.9 Å². The lowest BCUT2D eigenvalue weighted by atomic mass is 10.2. The molecule has 1 aromatic carbocycles. The van der Waals surface area contributed by atoms with Crippen LogP contribution in [0.5, 0.6) is 5.75 Å². The molecule has 1 saturated heterocycles. The maximum atomic E-state index is 12.0. The van der Waals surface area contributed by atoms with Crippen LogP contribution in [0.3, 0.4) is 0 Å². The van der Waals surface area contributed by atoms with Gasteiger partial charge in [0.2, 0.25) is 0 Å². The second-order valence-corrected chi connectivity index (χ2v) is 5.56. The van der Waals surface area contributed by atoms with Gasteiger partial charge >= 0.3 is 0 Å². The zero-order valence-corrected chi connectivity index (χ0v) is 13.0. The first kappa shape index (κ1) is 16.1. The number of carbonyl (C=O) groups is 1. The Balaban J connectivity index is 1.82. The number of nitrogens with one attached hydrogen (secondary N) is 1. The smallest absolute Gasteiger partial charge is 0.260 e. The first-order chi connectivity index (χ1) is 9.98. The highest BCUT2D eigenvalue weighted by atomic mass is 35.5. The van der Waals surface area contributed by atoms with E-state index >= 15 is 0 Å². The molecule has 0 aromatic heterocycles. The molecule has 1 heterocycles. The van der Waals surface area contributed by atoms with Crippen LogP contribution in [-0.2, 0) is 14.3 Å². The van der Waals surface area contributed by atoms with Crippen molar-refractivity contribution in [2.45, 2.75) is 32.2 Å². The molecular weight excluding hydrogens is 294 g/mol. The van der Waals surface area contributed by atoms with Crippen LogP contribution in [0.4, 0.5) is 0 Å². The summed E-state index contributed by atoms with van der Waals surface area (Å²) >= 11 is 5.88. The molecule has 21 heavy (non-hydrogen) atoms. The summed E-state index contributed by atoms with van der Waals surface area (Å²) in [7, 11) is 0. The van der Waals surface area contributed by atoms with Gasteiger partial charge in [-0.1, -0.05) is 17.7 Å². The van der Waals surface area contributed by atoms with Crippen LogP contribution in [0, 0.1) is 0 Å². The predicted molar refractivity (Wildman–Crippen MR) is 79.5 cm³/mol.